The lowest BCUT2D eigenvalue weighted by Gasteiger charge is -2.35. The Labute approximate surface area is 267 Å². The van der Waals surface area contributed by atoms with Crippen LogP contribution in [0.5, 0.6) is 28.9 Å². The molecule has 236 valence electrons. The second kappa shape index (κ2) is 13.1. The first-order valence-corrected chi connectivity index (χ1v) is 15.8. The molecule has 7 nitrogen and oxygen atoms in total. The van der Waals surface area contributed by atoms with E-state index in [1.165, 1.54) is 38.9 Å². The molecule has 0 saturated heterocycles. The van der Waals surface area contributed by atoms with Crippen LogP contribution in [0.3, 0.4) is 0 Å². The van der Waals surface area contributed by atoms with E-state index in [2.05, 4.69) is 85.2 Å². The van der Waals surface area contributed by atoms with Crippen molar-refractivity contribution in [1.82, 2.24) is 14.8 Å². The van der Waals surface area contributed by atoms with Gasteiger partial charge in [-0.15, -0.1) is 0 Å². The maximum absolute atomic E-state index is 6.24. The SMILES string of the molecule is COc1cc2c(cc1OC)[C@@H](Cc1ccc(Oc3ccc(C[C@@H]4c5cc(C)c(C)cc5CCN4C)cc3OC)nc1)N(C)CC2. The lowest BCUT2D eigenvalue weighted by atomic mass is 9.86. The Morgan fingerprint density at radius 1 is 0.644 bits per heavy atom. The van der Waals surface area contributed by atoms with Gasteiger partial charge in [-0.1, -0.05) is 24.3 Å². The summed E-state index contributed by atoms with van der Waals surface area (Å²) < 4.78 is 23.2. The number of ether oxygens (including phenoxy) is 4. The van der Waals surface area contributed by atoms with E-state index in [9.17, 15) is 0 Å². The van der Waals surface area contributed by atoms with E-state index < -0.39 is 0 Å². The molecule has 3 aromatic carbocycles. The molecule has 2 aliphatic heterocycles. The molecule has 0 fully saturated rings. The summed E-state index contributed by atoms with van der Waals surface area (Å²) in [5, 5.41) is 0. The van der Waals surface area contributed by atoms with Crippen molar-refractivity contribution in [2.75, 3.05) is 48.5 Å². The third kappa shape index (κ3) is 6.37. The van der Waals surface area contributed by atoms with Crippen molar-refractivity contribution in [3.63, 3.8) is 0 Å². The summed E-state index contributed by atoms with van der Waals surface area (Å²) in [6, 6.07) is 19.9. The predicted octanol–water partition coefficient (Wildman–Crippen LogP) is 7.06. The molecule has 45 heavy (non-hydrogen) atoms. The number of benzene rings is 3. The number of aryl methyl sites for hydroxylation is 2. The van der Waals surface area contributed by atoms with Crippen molar-refractivity contribution >= 4 is 0 Å². The van der Waals surface area contributed by atoms with Crippen molar-refractivity contribution in [1.29, 1.82) is 0 Å². The molecule has 0 aliphatic carbocycles. The Bertz CT molecular complexity index is 1670. The highest BCUT2D eigenvalue weighted by Crippen LogP contribution is 2.40. The van der Waals surface area contributed by atoms with Gasteiger partial charge in [-0.25, -0.2) is 4.98 Å². The smallest absolute Gasteiger partial charge is 0.219 e. The summed E-state index contributed by atoms with van der Waals surface area (Å²) in [6.07, 6.45) is 5.74. The first-order valence-electron chi connectivity index (χ1n) is 15.8. The molecule has 0 radical (unpaired) electrons. The highest BCUT2D eigenvalue weighted by atomic mass is 16.5. The van der Waals surface area contributed by atoms with Crippen LogP contribution in [0, 0.1) is 13.8 Å². The molecule has 0 unspecified atom stereocenters. The van der Waals surface area contributed by atoms with Gasteiger partial charge >= 0.3 is 0 Å². The summed E-state index contributed by atoms with van der Waals surface area (Å²) in [5.74, 6) is 3.46. The topological polar surface area (TPSA) is 56.3 Å². The molecule has 0 bridgehead atoms. The average molecular weight is 608 g/mol. The van der Waals surface area contributed by atoms with E-state index in [1.807, 2.05) is 18.3 Å². The average Bonchev–Trinajstić information content (AvgIpc) is 3.05. The minimum Gasteiger partial charge on any atom is -0.493 e. The fourth-order valence-electron chi connectivity index (χ4n) is 6.87. The molecule has 7 heteroatoms. The van der Waals surface area contributed by atoms with E-state index in [4.69, 9.17) is 18.9 Å². The molecule has 1 aromatic heterocycles. The highest BCUT2D eigenvalue weighted by molar-refractivity contribution is 5.50. The Kier molecular flexibility index (Phi) is 9.02. The Balaban J connectivity index is 1.16. The Hall–Kier alpha value is -4.07. The summed E-state index contributed by atoms with van der Waals surface area (Å²) >= 11 is 0. The Morgan fingerprint density at radius 2 is 1.20 bits per heavy atom. The van der Waals surface area contributed by atoms with Crippen molar-refractivity contribution in [3.8, 4) is 28.9 Å². The van der Waals surface area contributed by atoms with E-state index in [1.54, 1.807) is 21.3 Å². The number of hydrogen-bond acceptors (Lipinski definition) is 7. The van der Waals surface area contributed by atoms with Gasteiger partial charge in [0.05, 0.1) is 21.3 Å². The minimum absolute atomic E-state index is 0.220. The Morgan fingerprint density at radius 3 is 1.84 bits per heavy atom. The fourth-order valence-corrected chi connectivity index (χ4v) is 6.87. The first kappa shape index (κ1) is 30.9. The highest BCUT2D eigenvalue weighted by Gasteiger charge is 2.28. The van der Waals surface area contributed by atoms with Crippen molar-refractivity contribution in [3.05, 3.63) is 105 Å². The van der Waals surface area contributed by atoms with Gasteiger partial charge < -0.3 is 18.9 Å². The molecule has 2 atom stereocenters. The number of rotatable bonds is 9. The fraction of sp³-hybridized carbons (Fsp3) is 0.395. The number of fused-ring (bicyclic) bond motifs is 2. The lowest BCUT2D eigenvalue weighted by Crippen LogP contribution is -2.33. The molecule has 0 spiro atoms. The summed E-state index contributed by atoms with van der Waals surface area (Å²) in [6.45, 7) is 6.46. The van der Waals surface area contributed by atoms with Gasteiger partial charge in [-0.3, -0.25) is 9.80 Å². The largest absolute Gasteiger partial charge is 0.493 e. The van der Waals surface area contributed by atoms with Gasteiger partial charge in [0.15, 0.2) is 23.0 Å². The monoisotopic (exact) mass is 607 g/mol. The normalized spacial score (nSPS) is 18.2. The van der Waals surface area contributed by atoms with Crippen LogP contribution >= 0.6 is 0 Å². The molecule has 0 saturated carbocycles. The number of aromatic nitrogens is 1. The molecule has 3 heterocycles. The van der Waals surface area contributed by atoms with Gasteiger partial charge in [0.1, 0.15) is 0 Å². The van der Waals surface area contributed by atoms with Crippen molar-refractivity contribution in [2.24, 2.45) is 0 Å². The lowest BCUT2D eigenvalue weighted by molar-refractivity contribution is 0.227. The molecule has 0 N–H and O–H groups in total. The zero-order chi connectivity index (χ0) is 31.7. The maximum atomic E-state index is 6.24. The number of hydrogen-bond donors (Lipinski definition) is 0. The molecule has 2 aliphatic rings. The third-order valence-electron chi connectivity index (χ3n) is 9.75. The molecule has 0 amide bonds. The second-order valence-electron chi connectivity index (χ2n) is 12.5. The zero-order valence-electron chi connectivity index (χ0n) is 27.6. The number of methoxy groups -OCH3 is 3. The van der Waals surface area contributed by atoms with E-state index in [0.29, 0.717) is 23.4 Å². The van der Waals surface area contributed by atoms with Gasteiger partial charge in [-0.05, 0) is 122 Å². The quantitative estimate of drug-likeness (QED) is 0.202. The maximum Gasteiger partial charge on any atom is 0.219 e. The summed E-state index contributed by atoms with van der Waals surface area (Å²) in [5.41, 5.74) is 10.6. The van der Waals surface area contributed by atoms with Crippen molar-refractivity contribution < 1.29 is 18.9 Å². The second-order valence-corrected chi connectivity index (χ2v) is 12.5. The van der Waals surface area contributed by atoms with Crippen LogP contribution in [0.4, 0.5) is 0 Å². The van der Waals surface area contributed by atoms with Crippen LogP contribution in [0.25, 0.3) is 0 Å². The molecule has 4 aromatic rings. The molecule has 6 rings (SSSR count). The first-order chi connectivity index (χ1) is 21.8. The number of likely N-dealkylation sites (N-methyl/N-ethyl adjacent to an activating group) is 2. The van der Waals surface area contributed by atoms with E-state index >= 15 is 0 Å². The third-order valence-corrected chi connectivity index (χ3v) is 9.75. The van der Waals surface area contributed by atoms with Crippen LogP contribution in [-0.2, 0) is 25.7 Å². The predicted molar refractivity (Wildman–Crippen MR) is 178 cm³/mol. The van der Waals surface area contributed by atoms with Gasteiger partial charge in [-0.2, -0.15) is 0 Å². The number of pyridine rings is 1. The minimum atomic E-state index is 0.220. The zero-order valence-corrected chi connectivity index (χ0v) is 27.6. The summed E-state index contributed by atoms with van der Waals surface area (Å²) in [4.78, 5) is 9.54. The van der Waals surface area contributed by atoms with Gasteiger partial charge in [0.25, 0.3) is 0 Å². The summed E-state index contributed by atoms with van der Waals surface area (Å²) in [7, 11) is 9.48. The number of nitrogens with zero attached hydrogens (tertiary/aromatic N) is 3. The standard InChI is InChI=1S/C38H45N3O4/c1-24-16-28-12-14-40(3)32(30(28)17-25(24)2)18-26-8-10-34(35(20-26)42-5)45-38-11-9-27(23-39-38)19-33-31-22-37(44-7)36(43-6)21-29(31)13-15-41(33)4/h8-11,16-17,20-23,32-33H,12-15,18-19H2,1-7H3/t32-,33-/m1/s1. The molecular weight excluding hydrogens is 562 g/mol. The van der Waals surface area contributed by atoms with E-state index in [0.717, 1.165) is 55.8 Å². The van der Waals surface area contributed by atoms with Crippen LogP contribution in [0.1, 0.15) is 56.6 Å². The molecular formula is C38H45N3O4. The van der Waals surface area contributed by atoms with Crippen molar-refractivity contribution in [2.45, 2.75) is 51.6 Å². The van der Waals surface area contributed by atoms with Gasteiger partial charge in [0.2, 0.25) is 5.88 Å². The van der Waals surface area contributed by atoms with Crippen LogP contribution in [0.15, 0.2) is 60.8 Å². The van der Waals surface area contributed by atoms with E-state index in [-0.39, 0.29) is 6.04 Å². The van der Waals surface area contributed by atoms with Crippen LogP contribution in [0.2, 0.25) is 0 Å². The van der Waals surface area contributed by atoms with Crippen LogP contribution in [-0.4, -0.2) is 63.3 Å². The van der Waals surface area contributed by atoms with Gasteiger partial charge in [0, 0.05) is 37.4 Å². The van der Waals surface area contributed by atoms with Crippen LogP contribution < -0.4 is 18.9 Å².